The number of rotatable bonds is 5. The number of hydrogen-bond acceptors (Lipinski definition) is 3. The first kappa shape index (κ1) is 17.5. The molecule has 130 valence electrons. The van der Waals surface area contributed by atoms with Crippen LogP contribution in [0.1, 0.15) is 11.1 Å². The number of hydrogen-bond donors (Lipinski definition) is 0. The molecular formula is C23H21NO2. The predicted octanol–water partition coefficient (Wildman–Crippen LogP) is 5.86. The Hall–Kier alpha value is -3.33. The van der Waals surface area contributed by atoms with Crippen LogP contribution in [-0.4, -0.2) is 5.97 Å². The topological polar surface area (TPSA) is 29.5 Å². The number of benzene rings is 3. The fraction of sp³-hybridized carbons (Fsp3) is 0.0870. The first-order valence-electron chi connectivity index (χ1n) is 8.44. The van der Waals surface area contributed by atoms with Gasteiger partial charge in [0.1, 0.15) is 5.75 Å². The quantitative estimate of drug-likeness (QED) is 0.330. The maximum Gasteiger partial charge on any atom is 0.335 e. The zero-order valence-corrected chi connectivity index (χ0v) is 15.0. The molecule has 0 radical (unpaired) electrons. The van der Waals surface area contributed by atoms with Crippen LogP contribution in [0.2, 0.25) is 0 Å². The van der Waals surface area contributed by atoms with E-state index >= 15 is 0 Å². The van der Waals surface area contributed by atoms with E-state index in [0.29, 0.717) is 5.75 Å². The van der Waals surface area contributed by atoms with E-state index in [1.54, 1.807) is 6.07 Å². The van der Waals surface area contributed by atoms with Crippen molar-refractivity contribution in [3.63, 3.8) is 0 Å². The molecule has 3 aromatic rings. The van der Waals surface area contributed by atoms with Gasteiger partial charge >= 0.3 is 5.97 Å². The van der Waals surface area contributed by atoms with Crippen molar-refractivity contribution in [3.8, 4) is 5.75 Å². The minimum Gasteiger partial charge on any atom is -0.423 e. The van der Waals surface area contributed by atoms with Crippen molar-refractivity contribution in [3.05, 3.63) is 96.6 Å². The molecule has 3 nitrogen and oxygen atoms in total. The molecule has 0 unspecified atom stereocenters. The van der Waals surface area contributed by atoms with Gasteiger partial charge in [-0.05, 0) is 61.4 Å². The van der Waals surface area contributed by atoms with Gasteiger partial charge in [-0.25, -0.2) is 4.79 Å². The monoisotopic (exact) mass is 343 g/mol. The van der Waals surface area contributed by atoms with Crippen LogP contribution in [0.25, 0.3) is 0 Å². The van der Waals surface area contributed by atoms with E-state index in [4.69, 9.17) is 4.74 Å². The van der Waals surface area contributed by atoms with Gasteiger partial charge in [0.25, 0.3) is 0 Å². The Morgan fingerprint density at radius 1 is 0.846 bits per heavy atom. The van der Waals surface area contributed by atoms with E-state index in [2.05, 4.69) is 61.7 Å². The summed E-state index contributed by atoms with van der Waals surface area (Å²) >= 11 is 0. The minimum absolute atomic E-state index is 0.472. The fourth-order valence-electron chi connectivity index (χ4n) is 2.83. The lowest BCUT2D eigenvalue weighted by molar-refractivity contribution is -0.128. The molecule has 3 heteroatoms. The molecule has 0 fully saturated rings. The molecule has 0 bridgehead atoms. The molecular weight excluding hydrogens is 322 g/mol. The fourth-order valence-corrected chi connectivity index (χ4v) is 2.83. The van der Waals surface area contributed by atoms with Crippen molar-refractivity contribution >= 4 is 23.0 Å². The minimum atomic E-state index is -0.472. The second-order valence-electron chi connectivity index (χ2n) is 6.14. The molecule has 0 aliphatic rings. The third-order valence-electron chi connectivity index (χ3n) is 3.98. The Kier molecular flexibility index (Phi) is 5.18. The summed E-state index contributed by atoms with van der Waals surface area (Å²) in [6.07, 6.45) is 1.16. The van der Waals surface area contributed by atoms with Gasteiger partial charge in [0.15, 0.2) is 0 Å². The highest BCUT2D eigenvalue weighted by Gasteiger charge is 2.14. The van der Waals surface area contributed by atoms with E-state index in [1.807, 2.05) is 30.3 Å². The van der Waals surface area contributed by atoms with Crippen LogP contribution >= 0.6 is 0 Å². The van der Waals surface area contributed by atoms with Crippen LogP contribution in [0.4, 0.5) is 17.1 Å². The lowest BCUT2D eigenvalue weighted by Crippen LogP contribution is -2.11. The lowest BCUT2D eigenvalue weighted by atomic mass is 10.1. The van der Waals surface area contributed by atoms with Crippen molar-refractivity contribution < 1.29 is 9.53 Å². The molecule has 0 aliphatic carbocycles. The summed E-state index contributed by atoms with van der Waals surface area (Å²) in [4.78, 5) is 13.7. The number of ether oxygens (including phenoxy) is 1. The average Bonchev–Trinajstić information content (AvgIpc) is 2.62. The zero-order valence-electron chi connectivity index (χ0n) is 15.0. The molecule has 0 aromatic heterocycles. The van der Waals surface area contributed by atoms with E-state index < -0.39 is 5.97 Å². The molecule has 0 spiro atoms. The Morgan fingerprint density at radius 2 is 1.35 bits per heavy atom. The van der Waals surface area contributed by atoms with Gasteiger partial charge in [0, 0.05) is 29.2 Å². The number of esters is 1. The average molecular weight is 343 g/mol. The molecule has 3 rings (SSSR count). The SMILES string of the molecule is C=CC(=O)Oc1cccc(N(c2cccc(C)c2)c2cccc(C)c2)c1. The van der Waals surface area contributed by atoms with Gasteiger partial charge in [0.05, 0.1) is 0 Å². The Balaban J connectivity index is 2.10. The first-order valence-corrected chi connectivity index (χ1v) is 8.44. The molecule has 0 saturated carbocycles. The highest BCUT2D eigenvalue weighted by molar-refractivity contribution is 5.84. The lowest BCUT2D eigenvalue weighted by Gasteiger charge is -2.26. The van der Waals surface area contributed by atoms with E-state index in [0.717, 1.165) is 23.1 Å². The normalized spacial score (nSPS) is 10.2. The van der Waals surface area contributed by atoms with Crippen molar-refractivity contribution in [1.82, 2.24) is 0 Å². The third kappa shape index (κ3) is 4.01. The second-order valence-corrected chi connectivity index (χ2v) is 6.14. The summed E-state index contributed by atoms with van der Waals surface area (Å²) in [6.45, 7) is 7.58. The third-order valence-corrected chi connectivity index (χ3v) is 3.98. The van der Waals surface area contributed by atoms with Crippen molar-refractivity contribution in [2.45, 2.75) is 13.8 Å². The van der Waals surface area contributed by atoms with E-state index in [-0.39, 0.29) is 0 Å². The molecule has 0 heterocycles. The molecule has 0 N–H and O–H groups in total. The maximum absolute atomic E-state index is 11.5. The summed E-state index contributed by atoms with van der Waals surface area (Å²) in [6, 6.07) is 24.1. The summed E-state index contributed by atoms with van der Waals surface area (Å²) in [5.74, 6) is 0.0116. The number of carbonyl (C=O) groups is 1. The van der Waals surface area contributed by atoms with Gasteiger partial charge in [-0.3, -0.25) is 0 Å². The maximum atomic E-state index is 11.5. The second kappa shape index (κ2) is 7.70. The van der Waals surface area contributed by atoms with Crippen LogP contribution in [0.15, 0.2) is 85.5 Å². The largest absolute Gasteiger partial charge is 0.423 e. The molecule has 26 heavy (non-hydrogen) atoms. The van der Waals surface area contributed by atoms with Gasteiger partial charge < -0.3 is 9.64 Å². The van der Waals surface area contributed by atoms with Gasteiger partial charge in [-0.15, -0.1) is 0 Å². The van der Waals surface area contributed by atoms with Crippen LogP contribution < -0.4 is 9.64 Å². The number of anilines is 3. The molecule has 0 amide bonds. The summed E-state index contributed by atoms with van der Waals surface area (Å²) in [5.41, 5.74) is 5.35. The molecule has 0 saturated heterocycles. The number of carbonyl (C=O) groups excluding carboxylic acids is 1. The van der Waals surface area contributed by atoms with Gasteiger partial charge in [-0.2, -0.15) is 0 Å². The Labute approximate surface area is 154 Å². The van der Waals surface area contributed by atoms with Crippen LogP contribution in [0.5, 0.6) is 5.75 Å². The summed E-state index contributed by atoms with van der Waals surface area (Å²) in [7, 11) is 0. The standard InChI is InChI=1S/C23H21NO2/c1-4-23(25)26-22-13-7-12-21(16-22)24(19-10-5-8-17(2)14-19)20-11-6-9-18(3)15-20/h4-16H,1H2,2-3H3. The van der Waals surface area contributed by atoms with Crippen LogP contribution in [-0.2, 0) is 4.79 Å². The first-order chi connectivity index (χ1) is 12.6. The van der Waals surface area contributed by atoms with Crippen LogP contribution in [0, 0.1) is 13.8 Å². The molecule has 0 atom stereocenters. The Morgan fingerprint density at radius 3 is 1.85 bits per heavy atom. The molecule has 0 aliphatic heterocycles. The zero-order chi connectivity index (χ0) is 18.5. The number of nitrogens with zero attached hydrogens (tertiary/aromatic N) is 1. The van der Waals surface area contributed by atoms with E-state index in [9.17, 15) is 4.79 Å². The van der Waals surface area contributed by atoms with Gasteiger partial charge in [0.2, 0.25) is 0 Å². The predicted molar refractivity (Wildman–Crippen MR) is 106 cm³/mol. The van der Waals surface area contributed by atoms with Crippen molar-refractivity contribution in [2.24, 2.45) is 0 Å². The molecule has 3 aromatic carbocycles. The van der Waals surface area contributed by atoms with Gasteiger partial charge in [-0.1, -0.05) is 36.9 Å². The summed E-state index contributed by atoms with van der Waals surface area (Å²) < 4.78 is 5.29. The number of aryl methyl sites for hydroxylation is 2. The Bertz CT molecular complexity index is 901. The highest BCUT2D eigenvalue weighted by atomic mass is 16.5. The van der Waals surface area contributed by atoms with Crippen molar-refractivity contribution in [1.29, 1.82) is 0 Å². The highest BCUT2D eigenvalue weighted by Crippen LogP contribution is 2.36. The van der Waals surface area contributed by atoms with Crippen LogP contribution in [0.3, 0.4) is 0 Å². The van der Waals surface area contributed by atoms with E-state index in [1.165, 1.54) is 11.1 Å². The smallest absolute Gasteiger partial charge is 0.335 e. The van der Waals surface area contributed by atoms with Crippen molar-refractivity contribution in [2.75, 3.05) is 4.90 Å². The summed E-state index contributed by atoms with van der Waals surface area (Å²) in [5, 5.41) is 0.